The van der Waals surface area contributed by atoms with Crippen LogP contribution in [0.2, 0.25) is 0 Å². The number of rotatable bonds is 3. The number of thiazole rings is 1. The Labute approximate surface area is 115 Å². The summed E-state index contributed by atoms with van der Waals surface area (Å²) >= 11 is 1.57. The van der Waals surface area contributed by atoms with E-state index in [9.17, 15) is 4.79 Å². The Morgan fingerprint density at radius 2 is 2.53 bits per heavy atom. The van der Waals surface area contributed by atoms with Crippen molar-refractivity contribution in [3.05, 3.63) is 34.6 Å². The number of carbonyl (C=O) groups excluding carboxylic acids is 1. The molecule has 1 aliphatic rings. The number of fused-ring (bicyclic) bond motifs is 1. The van der Waals surface area contributed by atoms with E-state index in [0.717, 1.165) is 25.0 Å². The first kappa shape index (κ1) is 12.2. The van der Waals surface area contributed by atoms with Gasteiger partial charge in [-0.2, -0.15) is 0 Å². The van der Waals surface area contributed by atoms with E-state index in [4.69, 9.17) is 5.73 Å². The summed E-state index contributed by atoms with van der Waals surface area (Å²) in [5.74, 6) is 0.436. The van der Waals surface area contributed by atoms with Crippen molar-refractivity contribution >= 4 is 22.4 Å². The molecule has 1 atom stereocenters. The lowest BCUT2D eigenvalue weighted by Crippen LogP contribution is -2.31. The first-order chi connectivity index (χ1) is 9.22. The Hall–Kier alpha value is -1.82. The van der Waals surface area contributed by atoms with Gasteiger partial charge < -0.3 is 16.0 Å². The molecule has 19 heavy (non-hydrogen) atoms. The van der Waals surface area contributed by atoms with E-state index in [1.807, 2.05) is 6.07 Å². The maximum atomic E-state index is 11.8. The molecule has 0 spiro atoms. The fourth-order valence-electron chi connectivity index (χ4n) is 2.44. The maximum absolute atomic E-state index is 11.8. The summed E-state index contributed by atoms with van der Waals surface area (Å²) in [5.41, 5.74) is 7.48. The van der Waals surface area contributed by atoms with Crippen molar-refractivity contribution in [3.63, 3.8) is 0 Å². The molecule has 1 unspecified atom stereocenters. The van der Waals surface area contributed by atoms with Crippen LogP contribution in [0.15, 0.2) is 18.3 Å². The molecule has 0 aliphatic heterocycles. The van der Waals surface area contributed by atoms with Gasteiger partial charge in [-0.15, -0.1) is 11.3 Å². The molecular weight excluding hydrogens is 260 g/mol. The fourth-order valence-corrected chi connectivity index (χ4v) is 3.43. The second-order valence-corrected chi connectivity index (χ2v) is 5.94. The number of anilines is 1. The standard InChI is InChI=1S/C13H16N4OS/c14-13-17-9-4-3-8(6-11(9)19-13)7-16-12(18)10-2-1-5-15-10/h1-2,5,8,15H,3-4,6-7H2,(H2,14,17)(H,16,18). The first-order valence-electron chi connectivity index (χ1n) is 6.38. The summed E-state index contributed by atoms with van der Waals surface area (Å²) in [6.45, 7) is 0.703. The molecular formula is C13H16N4OS. The number of aryl methyl sites for hydroxylation is 1. The molecule has 100 valence electrons. The lowest BCUT2D eigenvalue weighted by Gasteiger charge is -2.21. The van der Waals surface area contributed by atoms with Crippen LogP contribution in [0, 0.1) is 5.92 Å². The molecule has 4 N–H and O–H groups in total. The van der Waals surface area contributed by atoms with Crippen molar-refractivity contribution in [1.29, 1.82) is 0 Å². The zero-order valence-corrected chi connectivity index (χ0v) is 11.3. The molecule has 0 aromatic carbocycles. The van der Waals surface area contributed by atoms with E-state index in [1.54, 1.807) is 23.6 Å². The van der Waals surface area contributed by atoms with E-state index in [1.165, 1.54) is 4.88 Å². The van der Waals surface area contributed by atoms with Crippen molar-refractivity contribution in [2.24, 2.45) is 5.92 Å². The SMILES string of the molecule is Nc1nc2c(s1)CC(CNC(=O)c1ccc[nH]1)CC2. The number of amides is 1. The third kappa shape index (κ3) is 2.63. The van der Waals surface area contributed by atoms with Crippen LogP contribution >= 0.6 is 11.3 Å². The van der Waals surface area contributed by atoms with E-state index in [0.29, 0.717) is 23.3 Å². The minimum absolute atomic E-state index is 0.0420. The minimum atomic E-state index is -0.0420. The summed E-state index contributed by atoms with van der Waals surface area (Å²) in [4.78, 5) is 20.3. The van der Waals surface area contributed by atoms with Crippen molar-refractivity contribution in [2.75, 3.05) is 12.3 Å². The summed E-state index contributed by atoms with van der Waals surface area (Å²) in [6.07, 6.45) is 4.74. The van der Waals surface area contributed by atoms with Gasteiger partial charge in [0.05, 0.1) is 5.69 Å². The number of nitrogens with two attached hydrogens (primary N) is 1. The molecule has 1 amide bonds. The molecule has 6 heteroatoms. The van der Waals surface area contributed by atoms with E-state index in [2.05, 4.69) is 15.3 Å². The number of H-pyrrole nitrogens is 1. The predicted octanol–water partition coefficient (Wildman–Crippen LogP) is 1.59. The number of nitrogens with zero attached hydrogens (tertiary/aromatic N) is 1. The van der Waals surface area contributed by atoms with Crippen LogP contribution in [-0.4, -0.2) is 22.4 Å². The van der Waals surface area contributed by atoms with Gasteiger partial charge in [0, 0.05) is 17.6 Å². The Balaban J connectivity index is 1.56. The van der Waals surface area contributed by atoms with Gasteiger partial charge in [0.1, 0.15) is 5.69 Å². The summed E-state index contributed by atoms with van der Waals surface area (Å²) in [6, 6.07) is 3.60. The zero-order valence-electron chi connectivity index (χ0n) is 10.5. The summed E-state index contributed by atoms with van der Waals surface area (Å²) in [5, 5.41) is 3.63. The summed E-state index contributed by atoms with van der Waals surface area (Å²) < 4.78 is 0. The molecule has 3 rings (SSSR count). The average molecular weight is 276 g/mol. The molecule has 1 aliphatic carbocycles. The molecule has 0 saturated carbocycles. The van der Waals surface area contributed by atoms with E-state index in [-0.39, 0.29) is 5.91 Å². The molecule has 2 heterocycles. The van der Waals surface area contributed by atoms with Crippen molar-refractivity contribution in [2.45, 2.75) is 19.3 Å². The van der Waals surface area contributed by atoms with Gasteiger partial charge in [-0.3, -0.25) is 4.79 Å². The van der Waals surface area contributed by atoms with Crippen molar-refractivity contribution < 1.29 is 4.79 Å². The second-order valence-electron chi connectivity index (χ2n) is 4.82. The number of hydrogen-bond acceptors (Lipinski definition) is 4. The normalized spacial score (nSPS) is 18.0. The number of carbonyl (C=O) groups is 1. The molecule has 2 aromatic rings. The van der Waals surface area contributed by atoms with Crippen LogP contribution in [0.4, 0.5) is 5.13 Å². The lowest BCUT2D eigenvalue weighted by atomic mass is 9.91. The highest BCUT2D eigenvalue weighted by molar-refractivity contribution is 7.15. The van der Waals surface area contributed by atoms with E-state index >= 15 is 0 Å². The molecule has 2 aromatic heterocycles. The van der Waals surface area contributed by atoms with Crippen LogP contribution < -0.4 is 11.1 Å². The molecule has 5 nitrogen and oxygen atoms in total. The smallest absolute Gasteiger partial charge is 0.267 e. The highest BCUT2D eigenvalue weighted by atomic mass is 32.1. The topological polar surface area (TPSA) is 83.8 Å². The van der Waals surface area contributed by atoms with Crippen LogP contribution in [0.3, 0.4) is 0 Å². The maximum Gasteiger partial charge on any atom is 0.267 e. The van der Waals surface area contributed by atoms with Gasteiger partial charge in [0.15, 0.2) is 5.13 Å². The monoisotopic (exact) mass is 276 g/mol. The lowest BCUT2D eigenvalue weighted by molar-refractivity contribution is 0.0941. The third-order valence-electron chi connectivity index (χ3n) is 3.45. The summed E-state index contributed by atoms with van der Waals surface area (Å²) in [7, 11) is 0. The van der Waals surface area contributed by atoms with Gasteiger partial charge in [0.25, 0.3) is 5.91 Å². The van der Waals surface area contributed by atoms with Crippen molar-refractivity contribution in [1.82, 2.24) is 15.3 Å². The van der Waals surface area contributed by atoms with Crippen LogP contribution in [0.1, 0.15) is 27.5 Å². The number of nitrogen functional groups attached to an aromatic ring is 1. The number of aromatic nitrogens is 2. The Bertz CT molecular complexity index is 575. The first-order valence-corrected chi connectivity index (χ1v) is 7.19. The Morgan fingerprint density at radius 1 is 1.63 bits per heavy atom. The van der Waals surface area contributed by atoms with Crippen LogP contribution in [0.5, 0.6) is 0 Å². The second kappa shape index (κ2) is 5.05. The minimum Gasteiger partial charge on any atom is -0.375 e. The van der Waals surface area contributed by atoms with Crippen LogP contribution in [-0.2, 0) is 12.8 Å². The quantitative estimate of drug-likeness (QED) is 0.796. The fraction of sp³-hybridized carbons (Fsp3) is 0.385. The molecule has 0 saturated heterocycles. The van der Waals surface area contributed by atoms with Gasteiger partial charge in [0.2, 0.25) is 0 Å². The average Bonchev–Trinajstić information content (AvgIpc) is 3.03. The third-order valence-corrected chi connectivity index (χ3v) is 4.40. The number of nitrogens with one attached hydrogen (secondary N) is 2. The van der Waals surface area contributed by atoms with Gasteiger partial charge >= 0.3 is 0 Å². The van der Waals surface area contributed by atoms with Gasteiger partial charge in [-0.1, -0.05) is 0 Å². The largest absolute Gasteiger partial charge is 0.375 e. The Morgan fingerprint density at radius 3 is 3.32 bits per heavy atom. The van der Waals surface area contributed by atoms with Gasteiger partial charge in [-0.25, -0.2) is 4.98 Å². The molecule has 0 radical (unpaired) electrons. The van der Waals surface area contributed by atoms with Crippen molar-refractivity contribution in [3.8, 4) is 0 Å². The molecule has 0 fully saturated rings. The number of aromatic amines is 1. The zero-order chi connectivity index (χ0) is 13.2. The van der Waals surface area contributed by atoms with Gasteiger partial charge in [-0.05, 0) is 37.3 Å². The highest BCUT2D eigenvalue weighted by Gasteiger charge is 2.22. The van der Waals surface area contributed by atoms with Crippen LogP contribution in [0.25, 0.3) is 0 Å². The highest BCUT2D eigenvalue weighted by Crippen LogP contribution is 2.30. The number of hydrogen-bond donors (Lipinski definition) is 3. The molecule has 0 bridgehead atoms. The van der Waals surface area contributed by atoms with E-state index < -0.39 is 0 Å². The predicted molar refractivity (Wildman–Crippen MR) is 75.2 cm³/mol. The Kier molecular flexibility index (Phi) is 3.25.